The number of carbonyl (C=O) groups is 2. The van der Waals surface area contributed by atoms with Crippen molar-refractivity contribution in [3.05, 3.63) is 16.3 Å². The molecule has 2 N–H and O–H groups in total. The number of aromatic carboxylic acids is 1. The minimum atomic E-state index is -3.72. The summed E-state index contributed by atoms with van der Waals surface area (Å²) in [5.41, 5.74) is 0. The van der Waals surface area contributed by atoms with Crippen LogP contribution in [0.3, 0.4) is 0 Å². The Morgan fingerprint density at radius 2 is 2.00 bits per heavy atom. The number of sulfonamides is 1. The van der Waals surface area contributed by atoms with Crippen LogP contribution in [0.4, 0.5) is 0 Å². The fourth-order valence-electron chi connectivity index (χ4n) is 2.17. The van der Waals surface area contributed by atoms with Gasteiger partial charge in [-0.05, 0) is 18.9 Å². The van der Waals surface area contributed by atoms with Gasteiger partial charge in [0.1, 0.15) is 4.88 Å². The summed E-state index contributed by atoms with van der Waals surface area (Å²) in [6.45, 7) is 2.53. The molecule has 1 saturated heterocycles. The quantitative estimate of drug-likeness (QED) is 0.846. The first kappa shape index (κ1) is 15.9. The highest BCUT2D eigenvalue weighted by Crippen LogP contribution is 2.21. The average molecular weight is 332 g/mol. The monoisotopic (exact) mass is 332 g/mol. The number of amides is 1. The van der Waals surface area contributed by atoms with E-state index in [1.54, 1.807) is 4.90 Å². The van der Waals surface area contributed by atoms with Crippen molar-refractivity contribution in [3.63, 3.8) is 0 Å². The van der Waals surface area contributed by atoms with E-state index in [2.05, 4.69) is 4.72 Å². The second kappa shape index (κ2) is 6.12. The van der Waals surface area contributed by atoms with Gasteiger partial charge in [-0.25, -0.2) is 17.9 Å². The van der Waals surface area contributed by atoms with Crippen molar-refractivity contribution in [2.24, 2.45) is 0 Å². The van der Waals surface area contributed by atoms with Gasteiger partial charge in [0.05, 0.1) is 4.90 Å². The molecule has 0 aromatic carbocycles. The predicted molar refractivity (Wildman–Crippen MR) is 76.9 cm³/mol. The molecule has 7 nitrogen and oxygen atoms in total. The fourth-order valence-corrected chi connectivity index (χ4v) is 4.59. The van der Waals surface area contributed by atoms with Gasteiger partial charge in [0.15, 0.2) is 0 Å². The number of rotatable bonds is 4. The third-order valence-electron chi connectivity index (χ3n) is 3.36. The Morgan fingerprint density at radius 1 is 1.38 bits per heavy atom. The molecule has 1 aliphatic heterocycles. The van der Waals surface area contributed by atoms with E-state index in [4.69, 9.17) is 5.11 Å². The van der Waals surface area contributed by atoms with E-state index in [9.17, 15) is 18.0 Å². The number of piperidine rings is 1. The molecular weight excluding hydrogens is 316 g/mol. The molecule has 0 unspecified atom stereocenters. The molecule has 0 spiro atoms. The van der Waals surface area contributed by atoms with E-state index in [0.29, 0.717) is 25.9 Å². The van der Waals surface area contributed by atoms with Crippen LogP contribution in [0.15, 0.2) is 16.3 Å². The van der Waals surface area contributed by atoms with Gasteiger partial charge in [-0.1, -0.05) is 0 Å². The molecule has 1 aliphatic rings. The third kappa shape index (κ3) is 3.80. The van der Waals surface area contributed by atoms with Crippen LogP contribution >= 0.6 is 11.3 Å². The van der Waals surface area contributed by atoms with Crippen molar-refractivity contribution in [3.8, 4) is 0 Å². The van der Waals surface area contributed by atoms with E-state index in [1.807, 2.05) is 0 Å². The fraction of sp³-hybridized carbons (Fsp3) is 0.500. The second-order valence-corrected chi connectivity index (χ2v) is 7.48. The Hall–Kier alpha value is -1.45. The first-order chi connectivity index (χ1) is 9.79. The van der Waals surface area contributed by atoms with Gasteiger partial charge in [0.25, 0.3) is 0 Å². The number of hydrogen-bond donors (Lipinski definition) is 2. The van der Waals surface area contributed by atoms with E-state index >= 15 is 0 Å². The van der Waals surface area contributed by atoms with Crippen LogP contribution in [-0.4, -0.2) is 49.4 Å². The van der Waals surface area contributed by atoms with Crippen LogP contribution in [0, 0.1) is 0 Å². The number of hydrogen-bond acceptors (Lipinski definition) is 5. The topological polar surface area (TPSA) is 104 Å². The predicted octanol–water partition coefficient (Wildman–Crippen LogP) is 0.736. The Morgan fingerprint density at radius 3 is 2.48 bits per heavy atom. The largest absolute Gasteiger partial charge is 0.477 e. The van der Waals surface area contributed by atoms with Gasteiger partial charge < -0.3 is 10.0 Å². The van der Waals surface area contributed by atoms with E-state index in [1.165, 1.54) is 12.3 Å². The summed E-state index contributed by atoms with van der Waals surface area (Å²) < 4.78 is 26.9. The molecule has 0 radical (unpaired) electrons. The maximum Gasteiger partial charge on any atom is 0.345 e. The SMILES string of the molecule is CC(=O)N1CCC(NS(=O)(=O)c2csc(C(=O)O)c2)CC1. The van der Waals surface area contributed by atoms with Gasteiger partial charge in [-0.15, -0.1) is 11.3 Å². The number of likely N-dealkylation sites (tertiary alicyclic amines) is 1. The molecule has 0 saturated carbocycles. The van der Waals surface area contributed by atoms with Crippen LogP contribution in [-0.2, 0) is 14.8 Å². The van der Waals surface area contributed by atoms with Crippen molar-refractivity contribution in [1.29, 1.82) is 0 Å². The highest BCUT2D eigenvalue weighted by molar-refractivity contribution is 7.89. The molecule has 2 heterocycles. The molecule has 116 valence electrons. The normalized spacial score (nSPS) is 16.9. The summed E-state index contributed by atoms with van der Waals surface area (Å²) in [5, 5.41) is 10.1. The van der Waals surface area contributed by atoms with Gasteiger partial charge >= 0.3 is 5.97 Å². The maximum atomic E-state index is 12.2. The van der Waals surface area contributed by atoms with E-state index < -0.39 is 16.0 Å². The number of carbonyl (C=O) groups excluding carboxylic acids is 1. The Bertz CT molecular complexity index is 644. The smallest absolute Gasteiger partial charge is 0.345 e. The number of carboxylic acids is 1. The molecule has 9 heteroatoms. The average Bonchev–Trinajstić information content (AvgIpc) is 2.89. The molecule has 2 rings (SSSR count). The van der Waals surface area contributed by atoms with Crippen LogP contribution in [0.2, 0.25) is 0 Å². The number of nitrogens with one attached hydrogen (secondary N) is 1. The molecule has 1 aromatic rings. The first-order valence-corrected chi connectivity index (χ1v) is 8.75. The molecule has 0 atom stereocenters. The summed E-state index contributed by atoms with van der Waals surface area (Å²) in [7, 11) is -3.72. The standard InChI is InChI=1S/C12H16N2O5S2/c1-8(15)14-4-2-9(3-5-14)13-21(18,19)10-6-11(12(16)17)20-7-10/h6-7,9,13H,2-5H2,1H3,(H,16,17). The minimum Gasteiger partial charge on any atom is -0.477 e. The van der Waals surface area contributed by atoms with E-state index in [0.717, 1.165) is 17.4 Å². The lowest BCUT2D eigenvalue weighted by Gasteiger charge is -2.31. The zero-order valence-corrected chi connectivity index (χ0v) is 13.0. The Labute approximate surface area is 126 Å². The summed E-state index contributed by atoms with van der Waals surface area (Å²) in [6, 6.07) is 0.916. The van der Waals surface area contributed by atoms with E-state index in [-0.39, 0.29) is 21.7 Å². The van der Waals surface area contributed by atoms with Crippen LogP contribution < -0.4 is 4.72 Å². The van der Waals surface area contributed by atoms with Crippen molar-refractivity contribution in [1.82, 2.24) is 9.62 Å². The summed E-state index contributed by atoms with van der Waals surface area (Å²) in [5.74, 6) is -1.16. The van der Waals surface area contributed by atoms with Crippen LogP contribution in [0.5, 0.6) is 0 Å². The van der Waals surface area contributed by atoms with Gasteiger partial charge in [-0.3, -0.25) is 4.79 Å². The summed E-state index contributed by atoms with van der Waals surface area (Å²) in [6.07, 6.45) is 1.10. The van der Waals surface area contributed by atoms with Crippen LogP contribution in [0.25, 0.3) is 0 Å². The molecule has 0 bridgehead atoms. The molecule has 1 fully saturated rings. The molecular formula is C12H16N2O5S2. The van der Waals surface area contributed by atoms with Gasteiger partial charge in [0.2, 0.25) is 15.9 Å². The molecule has 1 aromatic heterocycles. The Kier molecular flexibility index (Phi) is 4.64. The van der Waals surface area contributed by atoms with Gasteiger partial charge in [-0.2, -0.15) is 0 Å². The molecule has 0 aliphatic carbocycles. The minimum absolute atomic E-state index is 0.0122. The second-order valence-electron chi connectivity index (χ2n) is 4.85. The van der Waals surface area contributed by atoms with Gasteiger partial charge in [0, 0.05) is 31.4 Å². The number of carboxylic acid groups (broad SMARTS) is 1. The zero-order chi connectivity index (χ0) is 15.6. The molecule has 1 amide bonds. The lowest BCUT2D eigenvalue weighted by atomic mass is 10.1. The van der Waals surface area contributed by atoms with Crippen molar-refractivity contribution >= 4 is 33.2 Å². The third-order valence-corrected chi connectivity index (χ3v) is 5.93. The van der Waals surface area contributed by atoms with Crippen molar-refractivity contribution in [2.45, 2.75) is 30.7 Å². The number of nitrogens with zero attached hydrogens (tertiary/aromatic N) is 1. The molecule has 21 heavy (non-hydrogen) atoms. The summed E-state index contributed by atoms with van der Waals surface area (Å²) in [4.78, 5) is 23.6. The zero-order valence-electron chi connectivity index (χ0n) is 11.4. The highest BCUT2D eigenvalue weighted by atomic mass is 32.2. The van der Waals surface area contributed by atoms with Crippen molar-refractivity contribution in [2.75, 3.05) is 13.1 Å². The summed E-state index contributed by atoms with van der Waals surface area (Å²) >= 11 is 0.879. The highest BCUT2D eigenvalue weighted by Gasteiger charge is 2.26. The first-order valence-electron chi connectivity index (χ1n) is 6.39. The van der Waals surface area contributed by atoms with Crippen molar-refractivity contribution < 1.29 is 23.1 Å². The maximum absolute atomic E-state index is 12.2. The lowest BCUT2D eigenvalue weighted by Crippen LogP contribution is -2.45. The Balaban J connectivity index is 2.01. The lowest BCUT2D eigenvalue weighted by molar-refractivity contribution is -0.129. The van der Waals surface area contributed by atoms with Crippen LogP contribution in [0.1, 0.15) is 29.4 Å². The number of thiophene rings is 1.